The van der Waals surface area contributed by atoms with Crippen molar-refractivity contribution in [2.24, 2.45) is 0 Å². The number of rotatable bonds is 3. The number of halogens is 1. The molecule has 20 heavy (non-hydrogen) atoms. The predicted octanol–water partition coefficient (Wildman–Crippen LogP) is 2.80. The fraction of sp³-hybridized carbons (Fsp3) is 0.0769. The summed E-state index contributed by atoms with van der Waals surface area (Å²) >= 11 is 5.93. The number of aryl methyl sites for hydroxylation is 1. The molecule has 0 bridgehead atoms. The van der Waals surface area contributed by atoms with Gasteiger partial charge in [-0.15, -0.1) is 0 Å². The summed E-state index contributed by atoms with van der Waals surface area (Å²) in [5.74, 6) is 1.15. The lowest BCUT2D eigenvalue weighted by molar-refractivity contribution is 0.394. The molecule has 1 aromatic carbocycles. The van der Waals surface area contributed by atoms with Gasteiger partial charge in [0.1, 0.15) is 10.9 Å². The van der Waals surface area contributed by atoms with Crippen LogP contribution in [-0.2, 0) is 0 Å². The van der Waals surface area contributed by atoms with Gasteiger partial charge >= 0.3 is 0 Å². The number of fused-ring (bicyclic) bond motifs is 1. The zero-order valence-electron chi connectivity index (χ0n) is 10.5. The molecule has 2 heterocycles. The Bertz CT molecular complexity index is 752. The number of nitrogens with one attached hydrogen (secondary N) is 1. The van der Waals surface area contributed by atoms with E-state index in [1.807, 2.05) is 6.92 Å². The summed E-state index contributed by atoms with van der Waals surface area (Å²) in [5.41, 5.74) is 4.25. The number of phenols is 1. The first-order valence-electron chi connectivity index (χ1n) is 5.85. The highest BCUT2D eigenvalue weighted by Crippen LogP contribution is 2.22. The molecule has 0 amide bonds. The van der Waals surface area contributed by atoms with Crippen LogP contribution in [-0.4, -0.2) is 19.7 Å². The van der Waals surface area contributed by atoms with Crippen molar-refractivity contribution in [3.8, 4) is 11.5 Å². The second-order valence-electron chi connectivity index (χ2n) is 4.27. The minimum atomic E-state index is 0.138. The monoisotopic (exact) mass is 290 g/mol. The summed E-state index contributed by atoms with van der Waals surface area (Å²) in [7, 11) is 0. The number of hydrogen-bond donors (Lipinski definition) is 2. The van der Waals surface area contributed by atoms with E-state index < -0.39 is 0 Å². The van der Waals surface area contributed by atoms with Gasteiger partial charge in [-0.3, -0.25) is 0 Å². The van der Waals surface area contributed by atoms with Crippen molar-refractivity contribution in [2.75, 3.05) is 5.48 Å². The van der Waals surface area contributed by atoms with Gasteiger partial charge in [0, 0.05) is 18.2 Å². The Hall–Kier alpha value is -2.47. The normalized spacial score (nSPS) is 10.7. The van der Waals surface area contributed by atoms with Crippen molar-refractivity contribution in [1.29, 1.82) is 0 Å². The number of nitrogens with zero attached hydrogens (tertiary/aromatic N) is 3. The highest BCUT2D eigenvalue weighted by molar-refractivity contribution is 6.29. The van der Waals surface area contributed by atoms with Crippen LogP contribution in [0, 0.1) is 6.92 Å². The van der Waals surface area contributed by atoms with Gasteiger partial charge in [-0.25, -0.2) is 10.5 Å². The summed E-state index contributed by atoms with van der Waals surface area (Å²) in [5, 5.41) is 14.0. The van der Waals surface area contributed by atoms with Crippen LogP contribution in [0.4, 0.5) is 5.82 Å². The fourth-order valence-electron chi connectivity index (χ4n) is 1.85. The van der Waals surface area contributed by atoms with Crippen molar-refractivity contribution in [1.82, 2.24) is 14.6 Å². The van der Waals surface area contributed by atoms with E-state index in [4.69, 9.17) is 16.4 Å². The Morgan fingerprint density at radius 1 is 1.30 bits per heavy atom. The third-order valence-electron chi connectivity index (χ3n) is 2.64. The van der Waals surface area contributed by atoms with Gasteiger partial charge in [0.25, 0.3) is 0 Å². The van der Waals surface area contributed by atoms with Crippen LogP contribution in [0.15, 0.2) is 36.5 Å². The van der Waals surface area contributed by atoms with Crippen LogP contribution in [0.5, 0.6) is 11.5 Å². The Kier molecular flexibility index (Phi) is 3.08. The highest BCUT2D eigenvalue weighted by Gasteiger charge is 2.06. The molecule has 0 saturated carbocycles. The molecule has 0 radical (unpaired) electrons. The second kappa shape index (κ2) is 4.90. The van der Waals surface area contributed by atoms with Gasteiger partial charge in [-0.2, -0.15) is 9.61 Å². The average Bonchev–Trinajstić information content (AvgIpc) is 2.82. The second-order valence-corrected chi connectivity index (χ2v) is 4.66. The van der Waals surface area contributed by atoms with Gasteiger partial charge in [-0.1, -0.05) is 11.6 Å². The summed E-state index contributed by atoms with van der Waals surface area (Å²) in [6.07, 6.45) is 1.61. The van der Waals surface area contributed by atoms with Crippen LogP contribution < -0.4 is 10.3 Å². The maximum Gasteiger partial charge on any atom is 0.167 e. The van der Waals surface area contributed by atoms with Crippen molar-refractivity contribution >= 4 is 23.1 Å². The molecule has 3 rings (SSSR count). The molecule has 0 aliphatic heterocycles. The zero-order valence-corrected chi connectivity index (χ0v) is 11.3. The lowest BCUT2D eigenvalue weighted by atomic mass is 10.2. The maximum atomic E-state index is 9.52. The van der Waals surface area contributed by atoms with Gasteiger partial charge in [-0.05, 0) is 24.6 Å². The zero-order chi connectivity index (χ0) is 14.1. The standard InChI is InChI=1S/C13H11ClN4O2/c1-8-4-9(19)6-10(5-8)20-17-13-7-11(14)16-12-2-3-15-18(12)13/h2-7,17,19H,1H3. The summed E-state index contributed by atoms with van der Waals surface area (Å²) in [4.78, 5) is 9.54. The van der Waals surface area contributed by atoms with Crippen molar-refractivity contribution < 1.29 is 9.94 Å². The van der Waals surface area contributed by atoms with E-state index in [0.717, 1.165) is 5.56 Å². The molecule has 0 saturated heterocycles. The SMILES string of the molecule is Cc1cc(O)cc(ONc2cc(Cl)nc3ccnn23)c1. The first-order valence-corrected chi connectivity index (χ1v) is 6.23. The van der Waals surface area contributed by atoms with E-state index in [-0.39, 0.29) is 5.75 Å². The summed E-state index contributed by atoms with van der Waals surface area (Å²) in [6.45, 7) is 1.86. The number of phenolic OH excluding ortho intramolecular Hbond substituents is 1. The molecule has 3 aromatic rings. The van der Waals surface area contributed by atoms with Crippen LogP contribution in [0.1, 0.15) is 5.56 Å². The lowest BCUT2D eigenvalue weighted by Crippen LogP contribution is -2.10. The van der Waals surface area contributed by atoms with Gasteiger partial charge < -0.3 is 9.94 Å². The van der Waals surface area contributed by atoms with E-state index in [2.05, 4.69) is 15.6 Å². The first-order chi connectivity index (χ1) is 9.61. The first kappa shape index (κ1) is 12.6. The predicted molar refractivity (Wildman–Crippen MR) is 75.1 cm³/mol. The molecule has 0 spiro atoms. The molecule has 7 heteroatoms. The summed E-state index contributed by atoms with van der Waals surface area (Å²) in [6, 6.07) is 8.26. The van der Waals surface area contributed by atoms with Crippen LogP contribution in [0.2, 0.25) is 5.15 Å². The Morgan fingerprint density at radius 2 is 2.15 bits per heavy atom. The minimum absolute atomic E-state index is 0.138. The van der Waals surface area contributed by atoms with E-state index in [1.165, 1.54) is 6.07 Å². The molecular weight excluding hydrogens is 280 g/mol. The van der Waals surface area contributed by atoms with E-state index in [9.17, 15) is 5.11 Å². The molecule has 0 unspecified atom stereocenters. The number of benzene rings is 1. The van der Waals surface area contributed by atoms with Gasteiger partial charge in [0.2, 0.25) is 0 Å². The summed E-state index contributed by atoms with van der Waals surface area (Å²) < 4.78 is 1.56. The Labute approximate surface area is 119 Å². The molecular formula is C13H11ClN4O2. The lowest BCUT2D eigenvalue weighted by Gasteiger charge is -2.10. The molecule has 2 N–H and O–H groups in total. The van der Waals surface area contributed by atoms with Crippen LogP contribution in [0.25, 0.3) is 5.65 Å². The molecule has 6 nitrogen and oxygen atoms in total. The van der Waals surface area contributed by atoms with E-state index in [1.54, 1.807) is 35.0 Å². The number of aromatic nitrogens is 3. The maximum absolute atomic E-state index is 9.52. The topological polar surface area (TPSA) is 71.7 Å². The van der Waals surface area contributed by atoms with Crippen molar-refractivity contribution in [2.45, 2.75) is 6.92 Å². The fourth-order valence-corrected chi connectivity index (χ4v) is 2.04. The highest BCUT2D eigenvalue weighted by atomic mass is 35.5. The van der Waals surface area contributed by atoms with Crippen molar-refractivity contribution in [3.63, 3.8) is 0 Å². The molecule has 102 valence electrons. The van der Waals surface area contributed by atoms with Gasteiger partial charge in [0.15, 0.2) is 17.2 Å². The van der Waals surface area contributed by atoms with E-state index >= 15 is 0 Å². The molecule has 0 aliphatic rings. The largest absolute Gasteiger partial charge is 0.508 e. The smallest absolute Gasteiger partial charge is 0.167 e. The third kappa shape index (κ3) is 2.46. The average molecular weight is 291 g/mol. The van der Waals surface area contributed by atoms with Crippen LogP contribution >= 0.6 is 11.6 Å². The van der Waals surface area contributed by atoms with Gasteiger partial charge in [0.05, 0.1) is 6.20 Å². The van der Waals surface area contributed by atoms with Crippen LogP contribution in [0.3, 0.4) is 0 Å². The molecule has 2 aromatic heterocycles. The molecule has 0 fully saturated rings. The molecule has 0 aliphatic carbocycles. The Morgan fingerprint density at radius 3 is 2.95 bits per heavy atom. The molecule has 0 atom stereocenters. The quantitative estimate of drug-likeness (QED) is 0.573. The number of hydrogen-bond acceptors (Lipinski definition) is 5. The van der Waals surface area contributed by atoms with Crippen molar-refractivity contribution in [3.05, 3.63) is 47.2 Å². The minimum Gasteiger partial charge on any atom is -0.508 e. The number of anilines is 1. The van der Waals surface area contributed by atoms with E-state index in [0.29, 0.717) is 22.4 Å². The number of aromatic hydroxyl groups is 1. The third-order valence-corrected chi connectivity index (χ3v) is 2.83. The Balaban J connectivity index is 1.88.